The van der Waals surface area contributed by atoms with Gasteiger partial charge in [0, 0.05) is 13.1 Å². The first-order valence-corrected chi connectivity index (χ1v) is 9.10. The highest BCUT2D eigenvalue weighted by atomic mass is 16.3. The number of aliphatic hydroxyl groups is 1. The summed E-state index contributed by atoms with van der Waals surface area (Å²) in [5.74, 6) is 0.180. The van der Waals surface area contributed by atoms with Crippen molar-refractivity contribution in [1.82, 2.24) is 15.5 Å². The monoisotopic (exact) mass is 333 g/mol. The first-order chi connectivity index (χ1) is 11.6. The van der Waals surface area contributed by atoms with E-state index in [4.69, 9.17) is 0 Å². The van der Waals surface area contributed by atoms with E-state index in [0.29, 0.717) is 0 Å². The minimum absolute atomic E-state index is 0.0370. The Hall–Kier alpha value is -1.59. The van der Waals surface area contributed by atoms with Crippen molar-refractivity contribution in [3.63, 3.8) is 0 Å². The van der Waals surface area contributed by atoms with Crippen molar-refractivity contribution >= 4 is 6.03 Å². The van der Waals surface area contributed by atoms with Gasteiger partial charge < -0.3 is 20.6 Å². The van der Waals surface area contributed by atoms with Crippen LogP contribution >= 0.6 is 0 Å². The van der Waals surface area contributed by atoms with Crippen LogP contribution in [0, 0.1) is 5.92 Å². The highest BCUT2D eigenvalue weighted by molar-refractivity contribution is 5.74. The number of rotatable bonds is 8. The van der Waals surface area contributed by atoms with E-state index in [1.807, 2.05) is 32.0 Å². The number of benzene rings is 1. The number of carbonyl (C=O) groups excluding carboxylic acids is 1. The minimum Gasteiger partial charge on any atom is -0.391 e. The molecule has 1 aliphatic heterocycles. The molecule has 3 atom stereocenters. The zero-order chi connectivity index (χ0) is 17.4. The van der Waals surface area contributed by atoms with Crippen molar-refractivity contribution in [2.75, 3.05) is 26.2 Å². The molecule has 2 amide bonds. The molecule has 134 valence electrons. The average molecular weight is 333 g/mol. The fourth-order valence-electron chi connectivity index (χ4n) is 3.02. The summed E-state index contributed by atoms with van der Waals surface area (Å²) in [6, 6.07) is 9.83. The second-order valence-electron chi connectivity index (χ2n) is 6.78. The van der Waals surface area contributed by atoms with E-state index in [0.717, 1.165) is 31.6 Å². The molecule has 1 heterocycles. The molecule has 0 aromatic heterocycles. The lowest BCUT2D eigenvalue weighted by molar-refractivity contribution is 0.114. The molecule has 5 heteroatoms. The van der Waals surface area contributed by atoms with Gasteiger partial charge in [-0.3, -0.25) is 0 Å². The summed E-state index contributed by atoms with van der Waals surface area (Å²) in [6.07, 6.45) is 2.85. The Kier molecular flexibility index (Phi) is 7.53. The van der Waals surface area contributed by atoms with Crippen molar-refractivity contribution in [3.8, 4) is 0 Å². The van der Waals surface area contributed by atoms with Gasteiger partial charge in [-0.2, -0.15) is 0 Å². The number of hydrogen-bond donors (Lipinski definition) is 3. The van der Waals surface area contributed by atoms with Crippen LogP contribution in [0.5, 0.6) is 0 Å². The smallest absolute Gasteiger partial charge is 0.315 e. The molecular formula is C19H31N3O2. The van der Waals surface area contributed by atoms with Crippen LogP contribution in [0.1, 0.15) is 44.7 Å². The number of urea groups is 1. The highest BCUT2D eigenvalue weighted by Gasteiger charge is 2.21. The zero-order valence-electron chi connectivity index (χ0n) is 14.9. The lowest BCUT2D eigenvalue weighted by Crippen LogP contribution is -2.45. The van der Waals surface area contributed by atoms with E-state index in [-0.39, 0.29) is 24.5 Å². The van der Waals surface area contributed by atoms with E-state index in [2.05, 4.69) is 27.7 Å². The number of amides is 2. The van der Waals surface area contributed by atoms with Crippen molar-refractivity contribution in [2.24, 2.45) is 5.92 Å². The molecule has 1 aromatic carbocycles. The van der Waals surface area contributed by atoms with Crippen molar-refractivity contribution in [1.29, 1.82) is 0 Å². The molecule has 0 bridgehead atoms. The van der Waals surface area contributed by atoms with Gasteiger partial charge in [-0.1, -0.05) is 50.6 Å². The predicted octanol–water partition coefficient (Wildman–Crippen LogP) is 2.53. The second-order valence-corrected chi connectivity index (χ2v) is 6.78. The molecule has 24 heavy (non-hydrogen) atoms. The summed E-state index contributed by atoms with van der Waals surface area (Å²) in [5.41, 5.74) is 1.11. The van der Waals surface area contributed by atoms with E-state index >= 15 is 0 Å². The fourth-order valence-corrected chi connectivity index (χ4v) is 3.02. The largest absolute Gasteiger partial charge is 0.391 e. The maximum Gasteiger partial charge on any atom is 0.315 e. The summed E-state index contributed by atoms with van der Waals surface area (Å²) >= 11 is 0. The molecule has 0 aliphatic carbocycles. The van der Waals surface area contributed by atoms with Crippen molar-refractivity contribution in [2.45, 2.75) is 45.3 Å². The second kappa shape index (κ2) is 9.64. The van der Waals surface area contributed by atoms with Gasteiger partial charge in [-0.25, -0.2) is 4.79 Å². The molecule has 5 nitrogen and oxygen atoms in total. The first kappa shape index (κ1) is 18.7. The Morgan fingerprint density at radius 2 is 1.92 bits per heavy atom. The van der Waals surface area contributed by atoms with Gasteiger partial charge in [0.25, 0.3) is 0 Å². The molecule has 3 unspecified atom stereocenters. The van der Waals surface area contributed by atoms with Gasteiger partial charge in [0.1, 0.15) is 0 Å². The Bertz CT molecular complexity index is 489. The molecule has 3 N–H and O–H groups in total. The molecule has 0 saturated carbocycles. The van der Waals surface area contributed by atoms with Crippen LogP contribution in [0.2, 0.25) is 0 Å². The van der Waals surface area contributed by atoms with Crippen LogP contribution in [0.3, 0.4) is 0 Å². The van der Waals surface area contributed by atoms with Crippen LogP contribution in [0.15, 0.2) is 30.3 Å². The summed E-state index contributed by atoms with van der Waals surface area (Å²) in [6.45, 7) is 7.33. The lowest BCUT2D eigenvalue weighted by atomic mass is 10.0. The SMILES string of the molecule is CCC(C)C(O)CNC(=O)NC(CN1CCCC1)c1ccccc1. The number of nitrogens with zero attached hydrogens (tertiary/aromatic N) is 1. The molecule has 1 aromatic rings. The van der Waals surface area contributed by atoms with Gasteiger partial charge in [0.2, 0.25) is 0 Å². The topological polar surface area (TPSA) is 64.6 Å². The minimum atomic E-state index is -0.505. The number of hydrogen-bond acceptors (Lipinski definition) is 3. The van der Waals surface area contributed by atoms with Crippen LogP contribution in [-0.2, 0) is 0 Å². The normalized spacial score (nSPS) is 18.8. The molecule has 1 saturated heterocycles. The highest BCUT2D eigenvalue weighted by Crippen LogP contribution is 2.17. The van der Waals surface area contributed by atoms with Crippen LogP contribution in [-0.4, -0.2) is 48.3 Å². The van der Waals surface area contributed by atoms with Gasteiger partial charge in [0.15, 0.2) is 0 Å². The summed E-state index contributed by atoms with van der Waals surface area (Å²) < 4.78 is 0. The quantitative estimate of drug-likeness (QED) is 0.685. The van der Waals surface area contributed by atoms with Gasteiger partial charge in [-0.05, 0) is 37.4 Å². The third-order valence-corrected chi connectivity index (χ3v) is 4.92. The van der Waals surface area contributed by atoms with Crippen molar-refractivity contribution < 1.29 is 9.90 Å². The number of aliphatic hydroxyl groups excluding tert-OH is 1. The Balaban J connectivity index is 1.90. The standard InChI is InChI=1S/C19H31N3O2/c1-3-15(2)18(23)13-20-19(24)21-17(14-22-11-7-8-12-22)16-9-5-4-6-10-16/h4-6,9-10,15,17-18,23H,3,7-8,11-14H2,1-2H3,(H2,20,21,24). The third-order valence-electron chi connectivity index (χ3n) is 4.92. The fraction of sp³-hybridized carbons (Fsp3) is 0.632. The van der Waals surface area contributed by atoms with E-state index in [1.165, 1.54) is 12.8 Å². The Morgan fingerprint density at radius 1 is 1.25 bits per heavy atom. The van der Waals surface area contributed by atoms with Gasteiger partial charge in [0.05, 0.1) is 12.1 Å². The number of nitrogens with one attached hydrogen (secondary N) is 2. The molecule has 0 radical (unpaired) electrons. The van der Waals surface area contributed by atoms with Crippen LogP contribution < -0.4 is 10.6 Å². The zero-order valence-corrected chi connectivity index (χ0v) is 14.9. The maximum atomic E-state index is 12.3. The van der Waals surface area contributed by atoms with E-state index in [9.17, 15) is 9.90 Å². The van der Waals surface area contributed by atoms with Gasteiger partial charge >= 0.3 is 6.03 Å². The van der Waals surface area contributed by atoms with E-state index < -0.39 is 6.10 Å². The van der Waals surface area contributed by atoms with Crippen LogP contribution in [0.4, 0.5) is 4.79 Å². The summed E-state index contributed by atoms with van der Waals surface area (Å²) in [7, 11) is 0. The third kappa shape index (κ3) is 5.80. The van der Waals surface area contributed by atoms with Crippen LogP contribution in [0.25, 0.3) is 0 Å². The molecule has 1 aliphatic rings. The predicted molar refractivity (Wildman–Crippen MR) is 96.9 cm³/mol. The summed E-state index contributed by atoms with van der Waals surface area (Å²) in [4.78, 5) is 14.7. The average Bonchev–Trinajstić information content (AvgIpc) is 3.12. The summed E-state index contributed by atoms with van der Waals surface area (Å²) in [5, 5.41) is 15.9. The molecule has 0 spiro atoms. The Morgan fingerprint density at radius 3 is 2.54 bits per heavy atom. The number of likely N-dealkylation sites (tertiary alicyclic amines) is 1. The number of carbonyl (C=O) groups is 1. The maximum absolute atomic E-state index is 12.3. The van der Waals surface area contributed by atoms with Gasteiger partial charge in [-0.15, -0.1) is 0 Å². The molecule has 2 rings (SSSR count). The lowest BCUT2D eigenvalue weighted by Gasteiger charge is -2.25. The molecule has 1 fully saturated rings. The van der Waals surface area contributed by atoms with Crippen molar-refractivity contribution in [3.05, 3.63) is 35.9 Å². The Labute approximate surface area is 145 Å². The molecular weight excluding hydrogens is 302 g/mol. The first-order valence-electron chi connectivity index (χ1n) is 9.10. The van der Waals surface area contributed by atoms with E-state index in [1.54, 1.807) is 0 Å².